The fourth-order valence-corrected chi connectivity index (χ4v) is 8.75. The lowest BCUT2D eigenvalue weighted by Crippen LogP contribution is -2.54. The maximum absolute atomic E-state index is 13.7. The number of piperidine rings is 1. The normalized spacial score (nSPS) is 16.7. The Morgan fingerprint density at radius 2 is 1.82 bits per heavy atom. The average Bonchev–Trinajstić information content (AvgIpc) is 3.51. The third kappa shape index (κ3) is 10.2. The van der Waals surface area contributed by atoms with Crippen LogP contribution in [0, 0.1) is 5.82 Å². The van der Waals surface area contributed by atoms with Gasteiger partial charge in [-0.3, -0.25) is 43.9 Å². The number of piperazine rings is 1. The fourth-order valence-electron chi connectivity index (χ4n) is 7.49. The van der Waals surface area contributed by atoms with Gasteiger partial charge in [0.25, 0.3) is 11.8 Å². The largest absolute Gasteiger partial charge is 0.491 e. The molecule has 2 fully saturated rings. The van der Waals surface area contributed by atoms with E-state index in [4.69, 9.17) is 16.3 Å². The number of thioether (sulfide) groups is 1. The van der Waals surface area contributed by atoms with Crippen molar-refractivity contribution in [3.63, 3.8) is 0 Å². The Hall–Kier alpha value is -5.91. The standard InChI is InChI=1S/C43H44ClFN8O7S/c1-2-36(54)49-32-23-28-31(46-25-47-40(28)48-26-11-12-30(45)29(44)22-26)24-34(32)60-20-7-15-51-16-18-52(19-17-51)38(56)10-4-3-5-21-61-35-9-6-8-27-39(35)43(59)53(42(27)58)33-13-14-37(55)50-41(33)57/h2,6,8-9,11-12,22-25,33H,1,3-5,7,10,13-21H2,(H,49,54)(H,46,47,48)(H,50,55,57). The van der Waals surface area contributed by atoms with Crippen molar-refractivity contribution in [1.82, 2.24) is 30.0 Å². The summed E-state index contributed by atoms with van der Waals surface area (Å²) in [5, 5.41) is 8.70. The molecule has 3 aliphatic rings. The molecule has 1 atom stereocenters. The van der Waals surface area contributed by atoms with E-state index in [2.05, 4.69) is 37.4 Å². The van der Waals surface area contributed by atoms with Crippen molar-refractivity contribution in [2.24, 2.45) is 0 Å². The van der Waals surface area contributed by atoms with Gasteiger partial charge in [0.2, 0.25) is 23.6 Å². The minimum atomic E-state index is -1.01. The van der Waals surface area contributed by atoms with Gasteiger partial charge in [0.15, 0.2) is 0 Å². The first-order valence-electron chi connectivity index (χ1n) is 20.0. The van der Waals surface area contributed by atoms with Gasteiger partial charge < -0.3 is 20.3 Å². The minimum absolute atomic E-state index is 0.0380. The molecule has 1 unspecified atom stereocenters. The smallest absolute Gasteiger partial charge is 0.263 e. The van der Waals surface area contributed by atoms with E-state index < -0.39 is 41.4 Å². The van der Waals surface area contributed by atoms with Crippen LogP contribution >= 0.6 is 23.4 Å². The topological polar surface area (TPSA) is 183 Å². The summed E-state index contributed by atoms with van der Waals surface area (Å²) >= 11 is 7.44. The molecule has 0 spiro atoms. The number of unbranched alkanes of at least 4 members (excludes halogenated alkanes) is 2. The summed E-state index contributed by atoms with van der Waals surface area (Å²) in [6.45, 7) is 7.44. The average molecular weight is 871 g/mol. The summed E-state index contributed by atoms with van der Waals surface area (Å²) in [5.41, 5.74) is 2.06. The van der Waals surface area contributed by atoms with E-state index in [1.165, 1.54) is 36.3 Å². The number of ether oxygens (including phenoxy) is 1. The van der Waals surface area contributed by atoms with Gasteiger partial charge in [-0.05, 0) is 73.9 Å². The van der Waals surface area contributed by atoms with E-state index in [9.17, 15) is 33.2 Å². The number of nitrogens with one attached hydrogen (secondary N) is 3. The van der Waals surface area contributed by atoms with E-state index in [1.54, 1.807) is 30.3 Å². The van der Waals surface area contributed by atoms with Gasteiger partial charge in [0.1, 0.15) is 29.8 Å². The molecular weight excluding hydrogens is 827 g/mol. The Labute approximate surface area is 360 Å². The number of hydrogen-bond acceptors (Lipinski definition) is 12. The first-order chi connectivity index (χ1) is 29.5. The number of aromatic nitrogens is 2. The van der Waals surface area contributed by atoms with Crippen LogP contribution in [0.3, 0.4) is 0 Å². The molecule has 4 aromatic rings. The highest BCUT2D eigenvalue weighted by Crippen LogP contribution is 2.36. The molecule has 3 aliphatic heterocycles. The van der Waals surface area contributed by atoms with Crippen LogP contribution in [0.1, 0.15) is 65.7 Å². The quantitative estimate of drug-likeness (QED) is 0.0491. The number of carbonyl (C=O) groups is 6. The minimum Gasteiger partial charge on any atom is -0.491 e. The first kappa shape index (κ1) is 43.2. The van der Waals surface area contributed by atoms with Crippen molar-refractivity contribution >= 4 is 86.9 Å². The van der Waals surface area contributed by atoms with Gasteiger partial charge in [-0.2, -0.15) is 0 Å². The van der Waals surface area contributed by atoms with Crippen LogP contribution in [-0.4, -0.2) is 111 Å². The second-order valence-corrected chi connectivity index (χ2v) is 16.3. The summed E-state index contributed by atoms with van der Waals surface area (Å²) in [4.78, 5) is 90.4. The zero-order valence-electron chi connectivity index (χ0n) is 33.2. The van der Waals surface area contributed by atoms with Crippen molar-refractivity contribution in [3.8, 4) is 5.75 Å². The zero-order chi connectivity index (χ0) is 43.0. The van der Waals surface area contributed by atoms with E-state index in [0.29, 0.717) is 82.6 Å². The molecule has 3 aromatic carbocycles. The van der Waals surface area contributed by atoms with E-state index >= 15 is 0 Å². The van der Waals surface area contributed by atoms with Gasteiger partial charge in [0.05, 0.1) is 34.0 Å². The van der Waals surface area contributed by atoms with Crippen LogP contribution < -0.4 is 20.7 Å². The maximum atomic E-state index is 13.7. The molecule has 4 heterocycles. The molecule has 18 heteroatoms. The van der Waals surface area contributed by atoms with Crippen molar-refractivity contribution in [1.29, 1.82) is 0 Å². The molecule has 0 radical (unpaired) electrons. The van der Waals surface area contributed by atoms with Crippen LogP contribution in [0.2, 0.25) is 5.02 Å². The third-order valence-electron chi connectivity index (χ3n) is 10.7. The number of anilines is 3. The highest BCUT2D eigenvalue weighted by molar-refractivity contribution is 7.99. The number of halogens is 2. The Morgan fingerprint density at radius 3 is 2.59 bits per heavy atom. The lowest BCUT2D eigenvalue weighted by molar-refractivity contribution is -0.136. The number of rotatable bonds is 17. The Kier molecular flexibility index (Phi) is 13.9. The number of nitrogens with zero attached hydrogens (tertiary/aromatic N) is 5. The molecule has 3 N–H and O–H groups in total. The highest BCUT2D eigenvalue weighted by Gasteiger charge is 2.45. The van der Waals surface area contributed by atoms with Crippen LogP contribution in [0.5, 0.6) is 5.75 Å². The predicted octanol–water partition coefficient (Wildman–Crippen LogP) is 5.96. The summed E-state index contributed by atoms with van der Waals surface area (Å²) in [6, 6.07) is 11.8. The van der Waals surface area contributed by atoms with E-state index in [-0.39, 0.29) is 29.3 Å². The number of carbonyl (C=O) groups excluding carboxylic acids is 6. The molecule has 2 saturated heterocycles. The molecule has 61 heavy (non-hydrogen) atoms. The van der Waals surface area contributed by atoms with E-state index in [0.717, 1.165) is 49.9 Å². The molecule has 1 aromatic heterocycles. The lowest BCUT2D eigenvalue weighted by Gasteiger charge is -2.34. The predicted molar refractivity (Wildman–Crippen MR) is 228 cm³/mol. The molecule has 7 rings (SSSR count). The molecule has 0 saturated carbocycles. The van der Waals surface area contributed by atoms with E-state index in [1.807, 2.05) is 4.90 Å². The second kappa shape index (κ2) is 19.6. The van der Waals surface area contributed by atoms with Crippen LogP contribution in [0.25, 0.3) is 10.9 Å². The number of imide groups is 2. The maximum Gasteiger partial charge on any atom is 0.263 e. The molecule has 0 aliphatic carbocycles. The van der Waals surface area contributed by atoms with Crippen LogP contribution in [0.4, 0.5) is 21.6 Å². The van der Waals surface area contributed by atoms with Gasteiger partial charge in [0, 0.05) is 67.6 Å². The SMILES string of the molecule is C=CC(=O)Nc1cc2c(Nc3ccc(F)c(Cl)c3)ncnc2cc1OCCCN1CCN(C(=O)CCCCCSc2cccc3c2C(=O)N(C2CCC(=O)NC2=O)C3=O)CC1. The van der Waals surface area contributed by atoms with Gasteiger partial charge in [-0.15, -0.1) is 11.8 Å². The number of fused-ring (bicyclic) bond motifs is 2. The van der Waals surface area contributed by atoms with Gasteiger partial charge in [-0.1, -0.05) is 30.7 Å². The van der Waals surface area contributed by atoms with Crippen molar-refractivity contribution in [2.75, 3.05) is 55.7 Å². The van der Waals surface area contributed by atoms with Gasteiger partial charge >= 0.3 is 0 Å². The Bertz CT molecular complexity index is 2390. The summed E-state index contributed by atoms with van der Waals surface area (Å²) in [5.74, 6) is -1.37. The van der Waals surface area contributed by atoms with Gasteiger partial charge in [-0.25, -0.2) is 14.4 Å². The number of benzene rings is 3. The monoisotopic (exact) mass is 870 g/mol. The Balaban J connectivity index is 0.822. The Morgan fingerprint density at radius 1 is 1.00 bits per heavy atom. The molecule has 0 bridgehead atoms. The third-order valence-corrected chi connectivity index (χ3v) is 12.1. The van der Waals surface area contributed by atoms with Crippen molar-refractivity contribution < 1.29 is 37.9 Å². The second-order valence-electron chi connectivity index (χ2n) is 14.7. The summed E-state index contributed by atoms with van der Waals surface area (Å²) in [6.07, 6.45) is 6.26. The zero-order valence-corrected chi connectivity index (χ0v) is 34.8. The molecular formula is C43H44ClFN8O7S. The first-order valence-corrected chi connectivity index (χ1v) is 21.4. The van der Waals surface area contributed by atoms with Crippen LogP contribution in [-0.2, 0) is 19.2 Å². The number of amides is 6. The highest BCUT2D eigenvalue weighted by atomic mass is 35.5. The molecule has 15 nitrogen and oxygen atoms in total. The van der Waals surface area contributed by atoms with Crippen LogP contribution in [0.15, 0.2) is 72.4 Å². The molecule has 6 amide bonds. The molecule has 318 valence electrons. The van der Waals surface area contributed by atoms with Crippen molar-refractivity contribution in [2.45, 2.75) is 55.9 Å². The fraction of sp³-hybridized carbons (Fsp3) is 0.349. The summed E-state index contributed by atoms with van der Waals surface area (Å²) in [7, 11) is 0. The van der Waals surface area contributed by atoms with Crippen molar-refractivity contribution in [3.05, 3.63) is 89.5 Å². The lowest BCUT2D eigenvalue weighted by atomic mass is 10.0. The number of hydrogen-bond donors (Lipinski definition) is 3. The summed E-state index contributed by atoms with van der Waals surface area (Å²) < 4.78 is 19.9.